The Morgan fingerprint density at radius 3 is 2.57 bits per heavy atom. The zero-order chi connectivity index (χ0) is 29.3. The molecule has 0 radical (unpaired) electrons. The smallest absolute Gasteiger partial charge is 0.367 e. The molecule has 0 aliphatic carbocycles. The Labute approximate surface area is 239 Å². The first kappa shape index (κ1) is 27.2. The van der Waals surface area contributed by atoms with Crippen molar-refractivity contribution < 1.29 is 18.0 Å². The Balaban J connectivity index is 1.08. The van der Waals surface area contributed by atoms with Gasteiger partial charge in [0, 0.05) is 42.5 Å². The first-order valence-corrected chi connectivity index (χ1v) is 13.5. The van der Waals surface area contributed by atoms with E-state index in [9.17, 15) is 18.0 Å². The minimum Gasteiger partial charge on any atom is -0.367 e. The molecule has 12 heteroatoms. The van der Waals surface area contributed by atoms with Crippen molar-refractivity contribution in [3.05, 3.63) is 89.9 Å². The summed E-state index contributed by atoms with van der Waals surface area (Å²) in [5.41, 5.74) is 2.97. The van der Waals surface area contributed by atoms with Crippen LogP contribution in [0.25, 0.3) is 22.2 Å². The number of halogens is 3. The van der Waals surface area contributed by atoms with Crippen LogP contribution in [0.1, 0.15) is 34.3 Å². The predicted molar refractivity (Wildman–Crippen MR) is 153 cm³/mol. The van der Waals surface area contributed by atoms with Crippen molar-refractivity contribution in [2.24, 2.45) is 0 Å². The van der Waals surface area contributed by atoms with Crippen LogP contribution >= 0.6 is 0 Å². The topological polar surface area (TPSA) is 112 Å². The highest BCUT2D eigenvalue weighted by atomic mass is 19.4. The van der Waals surface area contributed by atoms with Crippen molar-refractivity contribution in [1.29, 1.82) is 0 Å². The van der Waals surface area contributed by atoms with Gasteiger partial charge in [-0.15, -0.1) is 0 Å². The van der Waals surface area contributed by atoms with Crippen molar-refractivity contribution >= 4 is 34.3 Å². The third kappa shape index (κ3) is 5.87. The van der Waals surface area contributed by atoms with E-state index in [0.717, 1.165) is 53.2 Å². The Kier molecular flexibility index (Phi) is 7.19. The first-order valence-electron chi connectivity index (χ1n) is 13.5. The summed E-state index contributed by atoms with van der Waals surface area (Å²) in [6.45, 7) is 3.14. The monoisotopic (exact) mass is 572 g/mol. The molecule has 0 unspecified atom stereocenters. The number of hydrogen-bond donors (Lipinski definition) is 3. The number of aryl methyl sites for hydroxylation is 1. The number of amides is 1. The summed E-state index contributed by atoms with van der Waals surface area (Å²) >= 11 is 0. The lowest BCUT2D eigenvalue weighted by Crippen LogP contribution is -2.42. The third-order valence-corrected chi connectivity index (χ3v) is 7.22. The quantitative estimate of drug-likeness (QED) is 0.222. The maximum absolute atomic E-state index is 13.1. The number of aromatic amines is 1. The van der Waals surface area contributed by atoms with Gasteiger partial charge < -0.3 is 15.5 Å². The summed E-state index contributed by atoms with van der Waals surface area (Å²) in [6, 6.07) is 15.0. The fourth-order valence-electron chi connectivity index (χ4n) is 5.08. The summed E-state index contributed by atoms with van der Waals surface area (Å²) < 4.78 is 39.3. The van der Waals surface area contributed by atoms with E-state index in [1.807, 2.05) is 48.2 Å². The zero-order valence-electron chi connectivity index (χ0n) is 22.6. The van der Waals surface area contributed by atoms with Crippen LogP contribution in [-0.4, -0.2) is 55.1 Å². The SMILES string of the molecule is Cc1cc(Nc2cc(C(F)(F)F)ccn2)nc(-c2ccc(NC3CCN(C(=O)c4cccc5[nH]ncc45)CC3)nc2)c1. The number of benzene rings is 1. The van der Waals surface area contributed by atoms with Crippen LogP contribution in [0.3, 0.4) is 0 Å². The predicted octanol–water partition coefficient (Wildman–Crippen LogP) is 6.20. The number of aromatic nitrogens is 5. The highest BCUT2D eigenvalue weighted by molar-refractivity contribution is 6.06. The number of pyridine rings is 3. The Hall–Kier alpha value is -5.00. The van der Waals surface area contributed by atoms with Gasteiger partial charge in [0.1, 0.15) is 17.5 Å². The zero-order valence-corrected chi connectivity index (χ0v) is 22.6. The van der Waals surface area contributed by atoms with E-state index < -0.39 is 11.7 Å². The van der Waals surface area contributed by atoms with Gasteiger partial charge in [-0.3, -0.25) is 9.89 Å². The van der Waals surface area contributed by atoms with Gasteiger partial charge in [-0.25, -0.2) is 15.0 Å². The molecule has 0 saturated carbocycles. The molecule has 5 heterocycles. The number of alkyl halides is 3. The van der Waals surface area contributed by atoms with Crippen LogP contribution in [0.5, 0.6) is 0 Å². The van der Waals surface area contributed by atoms with Crippen LogP contribution in [-0.2, 0) is 6.18 Å². The minimum absolute atomic E-state index is 0.00581. The summed E-state index contributed by atoms with van der Waals surface area (Å²) in [6.07, 6.45) is 1.62. The van der Waals surface area contributed by atoms with Gasteiger partial charge in [0.2, 0.25) is 0 Å². The minimum atomic E-state index is -4.46. The average molecular weight is 573 g/mol. The maximum Gasteiger partial charge on any atom is 0.416 e. The molecule has 0 bridgehead atoms. The van der Waals surface area contributed by atoms with Gasteiger partial charge in [0.05, 0.1) is 28.5 Å². The van der Waals surface area contributed by atoms with Gasteiger partial charge >= 0.3 is 6.18 Å². The van der Waals surface area contributed by atoms with Crippen molar-refractivity contribution in [3.63, 3.8) is 0 Å². The number of likely N-dealkylation sites (tertiary alicyclic amines) is 1. The number of fused-ring (bicyclic) bond motifs is 1. The number of nitrogens with zero attached hydrogens (tertiary/aromatic N) is 5. The van der Waals surface area contributed by atoms with E-state index in [1.165, 1.54) is 0 Å². The van der Waals surface area contributed by atoms with E-state index in [4.69, 9.17) is 0 Å². The fourth-order valence-corrected chi connectivity index (χ4v) is 5.08. The number of nitrogens with one attached hydrogen (secondary N) is 3. The fraction of sp³-hybridized carbons (Fsp3) is 0.233. The van der Waals surface area contributed by atoms with Gasteiger partial charge in [0.25, 0.3) is 5.91 Å². The average Bonchev–Trinajstić information content (AvgIpc) is 3.46. The summed E-state index contributed by atoms with van der Waals surface area (Å²) in [5.74, 6) is 1.15. The number of H-pyrrole nitrogens is 1. The van der Waals surface area contributed by atoms with Gasteiger partial charge in [0.15, 0.2) is 0 Å². The highest BCUT2D eigenvalue weighted by Gasteiger charge is 2.31. The number of anilines is 3. The normalized spacial score (nSPS) is 14.2. The third-order valence-electron chi connectivity index (χ3n) is 7.22. The molecule has 1 saturated heterocycles. The number of carbonyl (C=O) groups is 1. The molecular formula is C30H27F3N8O. The number of carbonyl (C=O) groups excluding carboxylic acids is 1. The van der Waals surface area contributed by atoms with Crippen LogP contribution in [0.4, 0.5) is 30.6 Å². The highest BCUT2D eigenvalue weighted by Crippen LogP contribution is 2.31. The van der Waals surface area contributed by atoms with Crippen molar-refractivity contribution in [1.82, 2.24) is 30.0 Å². The van der Waals surface area contributed by atoms with E-state index in [1.54, 1.807) is 18.5 Å². The van der Waals surface area contributed by atoms with E-state index >= 15 is 0 Å². The number of hydrogen-bond acceptors (Lipinski definition) is 7. The van der Waals surface area contributed by atoms with Crippen molar-refractivity contribution in [2.75, 3.05) is 23.7 Å². The van der Waals surface area contributed by atoms with Crippen LogP contribution in [0, 0.1) is 6.92 Å². The standard InChI is InChI=1S/C30H27F3N8O/c1-18-13-25(38-28(14-18)39-27-15-20(7-10-34-27)30(31,32)33)19-5-6-26(35-16-19)37-21-8-11-41(12-9-21)29(42)22-3-2-4-24-23(22)17-36-40-24/h2-7,10,13-17,21H,8-9,11-12H2,1H3,(H,35,37)(H,36,40)(H,34,38,39). The summed E-state index contributed by atoms with van der Waals surface area (Å²) in [7, 11) is 0. The second-order valence-corrected chi connectivity index (χ2v) is 10.2. The molecule has 3 N–H and O–H groups in total. The Morgan fingerprint density at radius 2 is 1.81 bits per heavy atom. The second kappa shape index (κ2) is 11.1. The molecule has 6 rings (SSSR count). The van der Waals surface area contributed by atoms with E-state index in [2.05, 4.69) is 35.8 Å². The van der Waals surface area contributed by atoms with E-state index in [-0.39, 0.29) is 17.8 Å². The molecule has 4 aromatic heterocycles. The molecule has 1 amide bonds. The van der Waals surface area contributed by atoms with Crippen LogP contribution in [0.15, 0.2) is 73.2 Å². The molecule has 0 atom stereocenters. The molecule has 1 aliphatic rings. The Bertz CT molecular complexity index is 1730. The maximum atomic E-state index is 13.1. The van der Waals surface area contributed by atoms with Crippen LogP contribution < -0.4 is 10.6 Å². The lowest BCUT2D eigenvalue weighted by Gasteiger charge is -2.32. The second-order valence-electron chi connectivity index (χ2n) is 10.2. The molecule has 1 fully saturated rings. The first-order chi connectivity index (χ1) is 20.2. The van der Waals surface area contributed by atoms with Gasteiger partial charge in [-0.1, -0.05) is 6.07 Å². The summed E-state index contributed by atoms with van der Waals surface area (Å²) in [4.78, 5) is 28.1. The number of piperidine rings is 1. The van der Waals surface area contributed by atoms with Crippen LogP contribution in [0.2, 0.25) is 0 Å². The molecule has 5 aromatic rings. The molecular weight excluding hydrogens is 545 g/mol. The molecule has 1 aromatic carbocycles. The van der Waals surface area contributed by atoms with E-state index in [0.29, 0.717) is 36.0 Å². The van der Waals surface area contributed by atoms with Crippen molar-refractivity contribution in [2.45, 2.75) is 32.0 Å². The molecule has 0 spiro atoms. The number of rotatable bonds is 6. The largest absolute Gasteiger partial charge is 0.416 e. The molecule has 42 heavy (non-hydrogen) atoms. The van der Waals surface area contributed by atoms with Gasteiger partial charge in [-0.2, -0.15) is 18.3 Å². The van der Waals surface area contributed by atoms with Crippen molar-refractivity contribution in [3.8, 4) is 11.3 Å². The lowest BCUT2D eigenvalue weighted by molar-refractivity contribution is -0.137. The van der Waals surface area contributed by atoms with Gasteiger partial charge in [-0.05, 0) is 73.9 Å². The summed E-state index contributed by atoms with van der Waals surface area (Å²) in [5, 5.41) is 14.1. The lowest BCUT2D eigenvalue weighted by atomic mass is 10.0. The molecule has 1 aliphatic heterocycles. The molecule has 9 nitrogen and oxygen atoms in total. The Morgan fingerprint density at radius 1 is 0.976 bits per heavy atom. The molecule has 214 valence electrons.